The normalized spacial score (nSPS) is 17.3. The molecule has 6 N–H and O–H groups in total. The van der Waals surface area contributed by atoms with Crippen LogP contribution in [-0.2, 0) is 4.79 Å². The third-order valence-electron chi connectivity index (χ3n) is 5.96. The maximum atomic E-state index is 14.0. The SMILES string of the molecule is O=C(O)CN(C(=O)c1cc(F)cc(B(O)O)c1)C1CCCCC1NC(=O)c1cc(F)cc(B(O)O)c1. The molecule has 36 heavy (non-hydrogen) atoms. The van der Waals surface area contributed by atoms with Crippen LogP contribution in [0.3, 0.4) is 0 Å². The predicted octanol–water partition coefficient (Wildman–Crippen LogP) is -1.41. The highest BCUT2D eigenvalue weighted by Gasteiger charge is 2.36. The first kappa shape index (κ1) is 27.3. The van der Waals surface area contributed by atoms with Gasteiger partial charge in [0.1, 0.15) is 18.2 Å². The zero-order valence-electron chi connectivity index (χ0n) is 19.0. The monoisotopic (exact) mass is 504 g/mol. The van der Waals surface area contributed by atoms with Crippen molar-refractivity contribution in [2.45, 2.75) is 37.8 Å². The lowest BCUT2D eigenvalue weighted by molar-refractivity contribution is -0.138. The van der Waals surface area contributed by atoms with Crippen LogP contribution in [0.5, 0.6) is 0 Å². The first-order valence-corrected chi connectivity index (χ1v) is 11.1. The third-order valence-corrected chi connectivity index (χ3v) is 5.96. The molecule has 0 aliphatic heterocycles. The molecular formula is C22H24B2F2N2O8. The number of nitrogens with one attached hydrogen (secondary N) is 1. The van der Waals surface area contributed by atoms with E-state index in [0.717, 1.165) is 41.3 Å². The minimum Gasteiger partial charge on any atom is -0.480 e. The molecule has 10 nitrogen and oxygen atoms in total. The van der Waals surface area contributed by atoms with Gasteiger partial charge in [-0.25, -0.2) is 8.78 Å². The Balaban J connectivity index is 1.91. The first-order valence-electron chi connectivity index (χ1n) is 11.1. The number of carbonyl (C=O) groups is 3. The number of aliphatic carboxylic acids is 1. The van der Waals surface area contributed by atoms with Gasteiger partial charge in [-0.15, -0.1) is 0 Å². The Bertz CT molecular complexity index is 1150. The molecule has 190 valence electrons. The van der Waals surface area contributed by atoms with E-state index in [1.54, 1.807) is 0 Å². The highest BCUT2D eigenvalue weighted by molar-refractivity contribution is 6.59. The molecule has 2 unspecified atom stereocenters. The molecule has 0 saturated heterocycles. The van der Waals surface area contributed by atoms with Crippen molar-refractivity contribution in [1.29, 1.82) is 0 Å². The van der Waals surface area contributed by atoms with Crippen LogP contribution in [0.4, 0.5) is 8.78 Å². The summed E-state index contributed by atoms with van der Waals surface area (Å²) in [7, 11) is -4.07. The van der Waals surface area contributed by atoms with Crippen molar-refractivity contribution in [3.05, 3.63) is 59.2 Å². The number of hydrogen-bond donors (Lipinski definition) is 6. The van der Waals surface area contributed by atoms with E-state index in [0.29, 0.717) is 25.7 Å². The van der Waals surface area contributed by atoms with Crippen molar-refractivity contribution in [2.75, 3.05) is 6.54 Å². The smallest absolute Gasteiger partial charge is 0.480 e. The molecule has 0 heterocycles. The van der Waals surface area contributed by atoms with E-state index >= 15 is 0 Å². The summed E-state index contributed by atoms with van der Waals surface area (Å²) in [5, 5.41) is 49.5. The van der Waals surface area contributed by atoms with E-state index in [2.05, 4.69) is 5.32 Å². The predicted molar refractivity (Wildman–Crippen MR) is 125 cm³/mol. The minimum atomic E-state index is -2.06. The fourth-order valence-corrected chi connectivity index (χ4v) is 4.33. The van der Waals surface area contributed by atoms with Crippen molar-refractivity contribution in [2.24, 2.45) is 0 Å². The number of rotatable bonds is 8. The highest BCUT2D eigenvalue weighted by Crippen LogP contribution is 2.25. The number of amides is 2. The topological polar surface area (TPSA) is 168 Å². The van der Waals surface area contributed by atoms with Crippen LogP contribution in [0, 0.1) is 11.6 Å². The van der Waals surface area contributed by atoms with Gasteiger partial charge in [0, 0.05) is 17.2 Å². The summed E-state index contributed by atoms with van der Waals surface area (Å²) in [6.45, 7) is -0.774. The van der Waals surface area contributed by atoms with Crippen LogP contribution >= 0.6 is 0 Å². The summed E-state index contributed by atoms with van der Waals surface area (Å²) in [4.78, 5) is 38.7. The summed E-state index contributed by atoms with van der Waals surface area (Å²) in [6.07, 6.45) is 1.90. The lowest BCUT2D eigenvalue weighted by Crippen LogP contribution is -2.56. The van der Waals surface area contributed by atoms with Crippen molar-refractivity contribution in [3.63, 3.8) is 0 Å². The van der Waals surface area contributed by atoms with Gasteiger partial charge in [-0.05, 0) is 60.2 Å². The van der Waals surface area contributed by atoms with Gasteiger partial charge in [0.05, 0.1) is 6.04 Å². The van der Waals surface area contributed by atoms with Gasteiger partial charge in [-0.1, -0.05) is 12.8 Å². The zero-order chi connectivity index (χ0) is 26.6. The number of halogens is 2. The van der Waals surface area contributed by atoms with Crippen molar-refractivity contribution in [3.8, 4) is 0 Å². The standard InChI is InChI=1S/C22H24B2F2N2O8/c25-16-7-12(5-14(9-16)23(33)34)21(31)27-18-3-1-2-4-19(18)28(11-20(29)30)22(32)13-6-15(24(35)36)10-17(26)8-13/h5-10,18-19,33-36H,1-4,11H2,(H,27,31)(H,29,30). The molecule has 1 saturated carbocycles. The third kappa shape index (κ3) is 6.66. The van der Waals surface area contributed by atoms with Crippen LogP contribution < -0.4 is 16.2 Å². The van der Waals surface area contributed by atoms with Gasteiger partial charge in [0.25, 0.3) is 11.8 Å². The molecule has 2 aromatic carbocycles. The molecule has 1 fully saturated rings. The van der Waals surface area contributed by atoms with E-state index in [1.807, 2.05) is 0 Å². The molecule has 0 spiro atoms. The van der Waals surface area contributed by atoms with E-state index in [-0.39, 0.29) is 22.1 Å². The zero-order valence-corrected chi connectivity index (χ0v) is 19.0. The minimum absolute atomic E-state index is 0.203. The van der Waals surface area contributed by atoms with E-state index in [1.165, 1.54) is 0 Å². The molecule has 3 rings (SSSR count). The second-order valence-electron chi connectivity index (χ2n) is 8.55. The molecule has 0 radical (unpaired) electrons. The first-order chi connectivity index (χ1) is 17.0. The van der Waals surface area contributed by atoms with Gasteiger partial charge < -0.3 is 35.4 Å². The van der Waals surface area contributed by atoms with Gasteiger partial charge in [0.15, 0.2) is 0 Å². The lowest BCUT2D eigenvalue weighted by atomic mass is 9.79. The Labute approximate surface area is 205 Å². The Morgan fingerprint density at radius 2 is 1.39 bits per heavy atom. The van der Waals surface area contributed by atoms with E-state index in [9.17, 15) is 48.4 Å². The van der Waals surface area contributed by atoms with Crippen LogP contribution in [0.15, 0.2) is 36.4 Å². The van der Waals surface area contributed by atoms with Crippen molar-refractivity contribution < 1.29 is 48.4 Å². The van der Waals surface area contributed by atoms with Crippen LogP contribution in [0.1, 0.15) is 46.4 Å². The highest BCUT2D eigenvalue weighted by atomic mass is 19.1. The average molecular weight is 504 g/mol. The average Bonchev–Trinajstić information content (AvgIpc) is 2.81. The maximum Gasteiger partial charge on any atom is 0.488 e. The number of carboxylic acid groups (broad SMARTS) is 1. The molecule has 2 aromatic rings. The molecule has 1 aliphatic carbocycles. The van der Waals surface area contributed by atoms with Gasteiger partial charge >= 0.3 is 20.2 Å². The maximum absolute atomic E-state index is 14.0. The number of carboxylic acids is 1. The second-order valence-corrected chi connectivity index (χ2v) is 8.55. The molecule has 2 atom stereocenters. The summed E-state index contributed by atoms with van der Waals surface area (Å²) in [5.74, 6) is -4.82. The van der Waals surface area contributed by atoms with Crippen molar-refractivity contribution >= 4 is 42.9 Å². The number of benzene rings is 2. The Hall–Kier alpha value is -3.32. The fraction of sp³-hybridized carbons (Fsp3) is 0.318. The van der Waals surface area contributed by atoms with Crippen molar-refractivity contribution in [1.82, 2.24) is 10.2 Å². The quantitative estimate of drug-likeness (QED) is 0.239. The lowest BCUT2D eigenvalue weighted by Gasteiger charge is -2.39. The summed E-state index contributed by atoms with van der Waals surface area (Å²) >= 11 is 0. The largest absolute Gasteiger partial charge is 0.488 e. The Morgan fingerprint density at radius 3 is 1.94 bits per heavy atom. The van der Waals surface area contributed by atoms with E-state index in [4.69, 9.17) is 0 Å². The Kier molecular flexibility index (Phi) is 8.79. The summed E-state index contributed by atoms with van der Waals surface area (Å²) < 4.78 is 27.9. The number of carbonyl (C=O) groups excluding carboxylic acids is 2. The Morgan fingerprint density at radius 1 is 0.861 bits per heavy atom. The molecule has 0 aromatic heterocycles. The molecule has 1 aliphatic rings. The van der Waals surface area contributed by atoms with Gasteiger partial charge in [0.2, 0.25) is 0 Å². The summed E-state index contributed by atoms with van der Waals surface area (Å²) in [5.41, 5.74) is -1.04. The molecule has 2 amide bonds. The van der Waals surface area contributed by atoms with Crippen LogP contribution in [-0.4, -0.2) is 80.8 Å². The van der Waals surface area contributed by atoms with E-state index < -0.39 is 62.3 Å². The molecule has 0 bridgehead atoms. The van der Waals surface area contributed by atoms with Crippen LogP contribution in [0.25, 0.3) is 0 Å². The molecule has 14 heteroatoms. The fourth-order valence-electron chi connectivity index (χ4n) is 4.33. The van der Waals surface area contributed by atoms with Crippen LogP contribution in [0.2, 0.25) is 0 Å². The van der Waals surface area contributed by atoms with Gasteiger partial charge in [-0.2, -0.15) is 0 Å². The van der Waals surface area contributed by atoms with Gasteiger partial charge in [-0.3, -0.25) is 14.4 Å². The second kappa shape index (κ2) is 11.6. The summed E-state index contributed by atoms with van der Waals surface area (Å²) in [6, 6.07) is 3.97. The molecular weight excluding hydrogens is 480 g/mol. The number of hydrogen-bond acceptors (Lipinski definition) is 7. The number of nitrogens with zero attached hydrogens (tertiary/aromatic N) is 1.